The second kappa shape index (κ2) is 11.0. The van der Waals surface area contributed by atoms with Crippen LogP contribution in [0.5, 0.6) is 0 Å². The maximum absolute atomic E-state index is 12.5. The summed E-state index contributed by atoms with van der Waals surface area (Å²) in [7, 11) is 3.86. The fourth-order valence-corrected chi connectivity index (χ4v) is 4.75. The molecular formula is C27H29F3N8O. The van der Waals surface area contributed by atoms with Crippen molar-refractivity contribution in [3.8, 4) is 11.3 Å². The summed E-state index contributed by atoms with van der Waals surface area (Å²) in [5, 5.41) is 0. The van der Waals surface area contributed by atoms with Gasteiger partial charge in [0.1, 0.15) is 17.9 Å². The topological polar surface area (TPSA) is 94.1 Å². The first-order chi connectivity index (χ1) is 18.6. The fourth-order valence-electron chi connectivity index (χ4n) is 4.75. The highest BCUT2D eigenvalue weighted by atomic mass is 19.4. The minimum absolute atomic E-state index is 0.290. The third-order valence-electron chi connectivity index (χ3n) is 6.62. The molecule has 0 radical (unpaired) electrons. The van der Waals surface area contributed by atoms with E-state index in [0.29, 0.717) is 39.1 Å². The van der Waals surface area contributed by atoms with Gasteiger partial charge in [-0.2, -0.15) is 13.2 Å². The van der Waals surface area contributed by atoms with Gasteiger partial charge in [0.05, 0.1) is 11.0 Å². The van der Waals surface area contributed by atoms with Gasteiger partial charge in [0, 0.05) is 83.1 Å². The number of hydrogen-bond acceptors (Lipinski definition) is 7. The molecule has 1 aliphatic heterocycles. The van der Waals surface area contributed by atoms with E-state index in [2.05, 4.69) is 24.8 Å². The predicted octanol–water partition coefficient (Wildman–Crippen LogP) is 3.67. The number of amides is 1. The molecule has 39 heavy (non-hydrogen) atoms. The Balaban J connectivity index is 1.23. The van der Waals surface area contributed by atoms with Crippen LogP contribution in [0.4, 0.5) is 19.0 Å². The average Bonchev–Trinajstić information content (AvgIpc) is 3.29. The average molecular weight is 539 g/mol. The second-order valence-electron chi connectivity index (χ2n) is 9.82. The van der Waals surface area contributed by atoms with Crippen LogP contribution in [0.15, 0.2) is 48.9 Å². The summed E-state index contributed by atoms with van der Waals surface area (Å²) >= 11 is 0. The van der Waals surface area contributed by atoms with Gasteiger partial charge in [-0.1, -0.05) is 6.07 Å². The number of pyridine rings is 1. The highest BCUT2D eigenvalue weighted by Crippen LogP contribution is 2.28. The molecule has 1 aliphatic rings. The number of halogens is 3. The predicted molar refractivity (Wildman–Crippen MR) is 141 cm³/mol. The Labute approximate surface area is 223 Å². The highest BCUT2D eigenvalue weighted by Gasteiger charge is 2.34. The lowest BCUT2D eigenvalue weighted by Crippen LogP contribution is -2.49. The summed E-state index contributed by atoms with van der Waals surface area (Å²) in [5.41, 5.74) is 5.38. The Kier molecular flexibility index (Phi) is 7.47. The van der Waals surface area contributed by atoms with E-state index in [9.17, 15) is 18.0 Å². The number of carbonyl (C=O) groups is 1. The maximum atomic E-state index is 12.5. The van der Waals surface area contributed by atoms with E-state index in [0.717, 1.165) is 45.2 Å². The van der Waals surface area contributed by atoms with E-state index in [1.807, 2.05) is 49.3 Å². The molecule has 1 N–H and O–H groups in total. The third-order valence-corrected chi connectivity index (χ3v) is 6.62. The number of aromatic nitrogens is 5. The van der Waals surface area contributed by atoms with Gasteiger partial charge in [0.15, 0.2) is 5.82 Å². The van der Waals surface area contributed by atoms with E-state index in [-0.39, 0.29) is 0 Å². The standard InChI is InChI=1S/C27H29F3N8O/c1-36(2)26-25(32-7-8-33-26)19-3-4-21-22(14-19)35-23(34-21)15-20-13-18(5-6-31-20)17-37-9-11-38(12-10-37)24(39)16-27(28,29)30/h3-8,13-14H,9-12,15-17H2,1-2H3,(H,34,35). The molecule has 1 saturated heterocycles. The molecule has 0 unspecified atom stereocenters. The number of fused-ring (bicyclic) bond motifs is 1. The molecule has 9 nitrogen and oxygen atoms in total. The number of hydrogen-bond donors (Lipinski definition) is 1. The van der Waals surface area contributed by atoms with Gasteiger partial charge in [-0.3, -0.25) is 19.7 Å². The first-order valence-electron chi connectivity index (χ1n) is 12.6. The Morgan fingerprint density at radius 3 is 2.51 bits per heavy atom. The van der Waals surface area contributed by atoms with E-state index in [1.54, 1.807) is 18.6 Å². The van der Waals surface area contributed by atoms with Crippen LogP contribution in [0, 0.1) is 0 Å². The Bertz CT molecular complexity index is 1460. The van der Waals surface area contributed by atoms with Crippen LogP contribution in [0.2, 0.25) is 0 Å². The number of aromatic amines is 1. The van der Waals surface area contributed by atoms with E-state index >= 15 is 0 Å². The molecule has 5 rings (SSSR count). The van der Waals surface area contributed by atoms with Crippen molar-refractivity contribution < 1.29 is 18.0 Å². The number of rotatable bonds is 7. The Morgan fingerprint density at radius 1 is 1.00 bits per heavy atom. The van der Waals surface area contributed by atoms with Crippen molar-refractivity contribution in [3.63, 3.8) is 0 Å². The van der Waals surface area contributed by atoms with Crippen LogP contribution in [-0.2, 0) is 17.8 Å². The summed E-state index contributed by atoms with van der Waals surface area (Å²) in [6.45, 7) is 2.26. The van der Waals surface area contributed by atoms with Crippen LogP contribution in [-0.4, -0.2) is 87.1 Å². The lowest BCUT2D eigenvalue weighted by atomic mass is 10.1. The normalized spacial score (nSPS) is 14.6. The molecule has 0 aliphatic carbocycles. The molecule has 0 saturated carbocycles. The van der Waals surface area contributed by atoms with Crippen molar-refractivity contribution in [2.75, 3.05) is 45.2 Å². The molecule has 1 fully saturated rings. The molecule has 0 spiro atoms. The van der Waals surface area contributed by atoms with Gasteiger partial charge in [0.25, 0.3) is 0 Å². The first kappa shape index (κ1) is 26.5. The molecule has 12 heteroatoms. The van der Waals surface area contributed by atoms with Gasteiger partial charge in [-0.05, 0) is 29.8 Å². The van der Waals surface area contributed by atoms with E-state index in [1.165, 1.54) is 4.90 Å². The zero-order valence-corrected chi connectivity index (χ0v) is 21.7. The number of alkyl halides is 3. The smallest absolute Gasteiger partial charge is 0.361 e. The monoisotopic (exact) mass is 538 g/mol. The molecule has 4 heterocycles. The summed E-state index contributed by atoms with van der Waals surface area (Å²) in [5.74, 6) is 0.712. The van der Waals surface area contributed by atoms with Crippen molar-refractivity contribution in [1.29, 1.82) is 0 Å². The molecule has 0 atom stereocenters. The molecule has 204 valence electrons. The molecule has 1 aromatic carbocycles. The van der Waals surface area contributed by atoms with Crippen molar-refractivity contribution in [2.24, 2.45) is 0 Å². The van der Waals surface area contributed by atoms with Gasteiger partial charge >= 0.3 is 6.18 Å². The van der Waals surface area contributed by atoms with Crippen molar-refractivity contribution in [1.82, 2.24) is 34.7 Å². The maximum Gasteiger partial charge on any atom is 0.397 e. The highest BCUT2D eigenvalue weighted by molar-refractivity contribution is 5.83. The van der Waals surface area contributed by atoms with Crippen molar-refractivity contribution in [2.45, 2.75) is 25.6 Å². The largest absolute Gasteiger partial charge is 0.397 e. The molecule has 3 aromatic heterocycles. The van der Waals surface area contributed by atoms with Crippen LogP contribution >= 0.6 is 0 Å². The molecule has 4 aromatic rings. The van der Waals surface area contributed by atoms with Gasteiger partial charge in [-0.25, -0.2) is 9.97 Å². The Morgan fingerprint density at radius 2 is 1.77 bits per heavy atom. The summed E-state index contributed by atoms with van der Waals surface area (Å²) in [4.78, 5) is 38.8. The molecular weight excluding hydrogens is 509 g/mol. The van der Waals surface area contributed by atoms with Crippen molar-refractivity contribution >= 4 is 22.8 Å². The van der Waals surface area contributed by atoms with E-state index in [4.69, 9.17) is 4.98 Å². The second-order valence-corrected chi connectivity index (χ2v) is 9.82. The lowest BCUT2D eigenvalue weighted by Gasteiger charge is -2.35. The first-order valence-corrected chi connectivity index (χ1v) is 12.6. The summed E-state index contributed by atoms with van der Waals surface area (Å²) in [6, 6.07) is 9.91. The minimum Gasteiger partial charge on any atom is -0.361 e. The number of carbonyl (C=O) groups excluding carboxylic acids is 1. The number of piperazine rings is 1. The van der Waals surface area contributed by atoms with Crippen molar-refractivity contribution in [3.05, 3.63) is 66.0 Å². The fraction of sp³-hybridized carbons (Fsp3) is 0.370. The van der Waals surface area contributed by atoms with Crippen LogP contribution < -0.4 is 4.90 Å². The minimum atomic E-state index is -4.48. The number of benzene rings is 1. The number of imidazole rings is 1. The van der Waals surface area contributed by atoms with E-state index < -0.39 is 18.5 Å². The summed E-state index contributed by atoms with van der Waals surface area (Å²) < 4.78 is 37.6. The molecule has 0 bridgehead atoms. The number of nitrogens with one attached hydrogen (secondary N) is 1. The number of anilines is 1. The Hall–Kier alpha value is -4.06. The summed E-state index contributed by atoms with van der Waals surface area (Å²) in [6.07, 6.45) is -0.252. The number of H-pyrrole nitrogens is 1. The van der Waals surface area contributed by atoms with Gasteiger partial charge in [0.2, 0.25) is 5.91 Å². The third kappa shape index (κ3) is 6.51. The zero-order chi connectivity index (χ0) is 27.6. The SMILES string of the molecule is CN(C)c1nccnc1-c1ccc2nc(Cc3cc(CN4CCN(C(=O)CC(F)(F)F)CC4)ccn3)[nH]c2c1. The lowest BCUT2D eigenvalue weighted by molar-refractivity contribution is -0.162. The van der Waals surface area contributed by atoms with Crippen LogP contribution in [0.1, 0.15) is 23.5 Å². The zero-order valence-electron chi connectivity index (χ0n) is 21.7. The van der Waals surface area contributed by atoms with Gasteiger partial charge < -0.3 is 14.8 Å². The van der Waals surface area contributed by atoms with Crippen LogP contribution in [0.3, 0.4) is 0 Å². The number of nitrogens with zero attached hydrogens (tertiary/aromatic N) is 7. The van der Waals surface area contributed by atoms with Crippen LogP contribution in [0.25, 0.3) is 22.3 Å². The quantitative estimate of drug-likeness (QED) is 0.384. The molecule has 1 amide bonds. The van der Waals surface area contributed by atoms with Gasteiger partial charge in [-0.15, -0.1) is 0 Å².